The van der Waals surface area contributed by atoms with Crippen molar-refractivity contribution in [1.82, 2.24) is 0 Å². The molecule has 0 bridgehead atoms. The molecule has 1 unspecified atom stereocenters. The third-order valence-electron chi connectivity index (χ3n) is 1.57. The number of carboxylic acids is 1. The van der Waals surface area contributed by atoms with Gasteiger partial charge in [0.15, 0.2) is 0 Å². The Morgan fingerprint density at radius 3 is 2.85 bits per heavy atom. The molecule has 0 amide bonds. The zero-order valence-corrected chi connectivity index (χ0v) is 9.48. The zero-order chi connectivity index (χ0) is 10.0. The molecule has 1 rings (SSSR count). The Kier molecular flexibility index (Phi) is 3.47. The van der Waals surface area contributed by atoms with Crippen LogP contribution in [0.1, 0.15) is 22.2 Å². The molecule has 0 fully saturated rings. The minimum atomic E-state index is -0.870. The number of carboxylic acid groups (broad SMARTS) is 1. The summed E-state index contributed by atoms with van der Waals surface area (Å²) in [7, 11) is 0. The Balaban J connectivity index is 2.81. The summed E-state index contributed by atoms with van der Waals surface area (Å²) in [6.07, 6.45) is -0.0292. The van der Waals surface area contributed by atoms with Crippen molar-refractivity contribution in [3.8, 4) is 0 Å². The number of hydrogen-bond acceptors (Lipinski definition) is 3. The number of aliphatic carboxylic acids is 1. The molecule has 1 aromatic rings. The summed E-state index contributed by atoms with van der Waals surface area (Å²) >= 11 is 4.87. The second-order valence-electron chi connectivity index (χ2n) is 2.77. The third kappa shape index (κ3) is 2.79. The smallest absolute Gasteiger partial charge is 0.305 e. The minimum Gasteiger partial charge on any atom is -0.481 e. The summed E-state index contributed by atoms with van der Waals surface area (Å²) in [5.74, 6) is -0.870. The summed E-state index contributed by atoms with van der Waals surface area (Å²) in [6, 6.07) is 1.53. The van der Waals surface area contributed by atoms with E-state index >= 15 is 0 Å². The molecule has 0 aliphatic heterocycles. The molecule has 1 atom stereocenters. The first-order valence-corrected chi connectivity index (χ1v) is 5.35. The number of rotatable bonds is 3. The lowest BCUT2D eigenvalue weighted by molar-refractivity contribution is -0.137. The van der Waals surface area contributed by atoms with E-state index in [0.29, 0.717) is 0 Å². The van der Waals surface area contributed by atoms with Gasteiger partial charge in [0.2, 0.25) is 0 Å². The average molecular weight is 264 g/mol. The number of nitrogens with two attached hydrogens (primary N) is 1. The molecule has 0 aromatic carbocycles. The van der Waals surface area contributed by atoms with Crippen LogP contribution in [-0.2, 0) is 4.79 Å². The Bertz CT molecular complexity index is 324. The summed E-state index contributed by atoms with van der Waals surface area (Å²) in [5, 5.41) is 8.55. The van der Waals surface area contributed by atoms with E-state index in [0.717, 1.165) is 14.2 Å². The molecule has 0 radical (unpaired) electrons. The Morgan fingerprint density at radius 2 is 2.46 bits per heavy atom. The summed E-state index contributed by atoms with van der Waals surface area (Å²) < 4.78 is 0.906. The van der Waals surface area contributed by atoms with Crippen molar-refractivity contribution in [2.45, 2.75) is 19.4 Å². The van der Waals surface area contributed by atoms with E-state index in [1.807, 2.05) is 13.0 Å². The number of carbonyl (C=O) groups is 1. The first kappa shape index (κ1) is 10.7. The van der Waals surface area contributed by atoms with E-state index in [4.69, 9.17) is 10.8 Å². The van der Waals surface area contributed by atoms with Gasteiger partial charge in [-0.2, -0.15) is 0 Å². The van der Waals surface area contributed by atoms with Gasteiger partial charge in [0.05, 0.1) is 12.5 Å². The summed E-state index contributed by atoms with van der Waals surface area (Å²) in [6.45, 7) is 1.96. The van der Waals surface area contributed by atoms with Crippen LogP contribution in [0.2, 0.25) is 0 Å². The third-order valence-corrected chi connectivity index (χ3v) is 3.67. The molecule has 0 spiro atoms. The molecule has 0 aliphatic rings. The Labute approximate surface area is 88.7 Å². The molecule has 5 heteroatoms. The standard InChI is InChI=1S/C8H10BrNO2S/c1-4-2-5(9)8(13-4)6(10)3-7(11)12/h2,6H,3,10H2,1H3,(H,11,12). The lowest BCUT2D eigenvalue weighted by atomic mass is 10.2. The van der Waals surface area contributed by atoms with Gasteiger partial charge >= 0.3 is 5.97 Å². The van der Waals surface area contributed by atoms with Gasteiger partial charge in [-0.05, 0) is 28.9 Å². The van der Waals surface area contributed by atoms with Crippen LogP contribution in [0.15, 0.2) is 10.5 Å². The van der Waals surface area contributed by atoms with Crippen molar-refractivity contribution in [2.75, 3.05) is 0 Å². The highest BCUT2D eigenvalue weighted by atomic mass is 79.9. The fourth-order valence-electron chi connectivity index (χ4n) is 1.03. The van der Waals surface area contributed by atoms with Crippen molar-refractivity contribution >= 4 is 33.2 Å². The zero-order valence-electron chi connectivity index (χ0n) is 7.08. The highest BCUT2D eigenvalue weighted by Crippen LogP contribution is 2.32. The van der Waals surface area contributed by atoms with Gasteiger partial charge in [0.25, 0.3) is 0 Å². The largest absolute Gasteiger partial charge is 0.481 e. The lowest BCUT2D eigenvalue weighted by Gasteiger charge is -2.06. The fourth-order valence-corrected chi connectivity index (χ4v) is 2.98. The summed E-state index contributed by atoms with van der Waals surface area (Å²) in [5.41, 5.74) is 5.71. The van der Waals surface area contributed by atoms with Gasteiger partial charge < -0.3 is 10.8 Å². The van der Waals surface area contributed by atoms with E-state index in [1.165, 1.54) is 11.3 Å². The van der Waals surface area contributed by atoms with Gasteiger partial charge in [0.1, 0.15) is 0 Å². The number of hydrogen-bond donors (Lipinski definition) is 2. The predicted octanol–water partition coefficient (Wildman–Crippen LogP) is 2.29. The minimum absolute atomic E-state index is 0.0292. The molecule has 1 aromatic heterocycles. The monoisotopic (exact) mass is 263 g/mol. The van der Waals surface area contributed by atoms with Crippen LogP contribution < -0.4 is 5.73 Å². The normalized spacial score (nSPS) is 12.8. The molecule has 1 heterocycles. The van der Waals surface area contributed by atoms with E-state index in [9.17, 15) is 4.79 Å². The average Bonchev–Trinajstić information content (AvgIpc) is 2.28. The number of aryl methyl sites for hydroxylation is 1. The van der Waals surface area contributed by atoms with Crippen LogP contribution in [0, 0.1) is 6.92 Å². The Morgan fingerprint density at radius 1 is 1.85 bits per heavy atom. The maximum Gasteiger partial charge on any atom is 0.305 e. The second kappa shape index (κ2) is 4.21. The van der Waals surface area contributed by atoms with Gasteiger partial charge in [0, 0.05) is 14.2 Å². The first-order chi connectivity index (χ1) is 6.00. The first-order valence-electron chi connectivity index (χ1n) is 3.74. The molecule has 13 heavy (non-hydrogen) atoms. The van der Waals surface area contributed by atoms with Crippen molar-refractivity contribution in [3.05, 3.63) is 20.3 Å². The van der Waals surface area contributed by atoms with Gasteiger partial charge in [-0.15, -0.1) is 11.3 Å². The highest BCUT2D eigenvalue weighted by Gasteiger charge is 2.15. The van der Waals surface area contributed by atoms with Crippen molar-refractivity contribution in [3.63, 3.8) is 0 Å². The lowest BCUT2D eigenvalue weighted by Crippen LogP contribution is -2.13. The van der Waals surface area contributed by atoms with Crippen LogP contribution in [0.25, 0.3) is 0 Å². The maximum absolute atomic E-state index is 10.4. The highest BCUT2D eigenvalue weighted by molar-refractivity contribution is 9.10. The molecular weight excluding hydrogens is 254 g/mol. The van der Waals surface area contributed by atoms with Crippen LogP contribution >= 0.6 is 27.3 Å². The summed E-state index contributed by atoms with van der Waals surface area (Å²) in [4.78, 5) is 12.4. The molecule has 0 saturated carbocycles. The van der Waals surface area contributed by atoms with E-state index < -0.39 is 12.0 Å². The van der Waals surface area contributed by atoms with E-state index in [-0.39, 0.29) is 6.42 Å². The quantitative estimate of drug-likeness (QED) is 0.880. The second-order valence-corrected chi connectivity index (χ2v) is 4.92. The topological polar surface area (TPSA) is 63.3 Å². The van der Waals surface area contributed by atoms with Gasteiger partial charge in [-0.1, -0.05) is 0 Å². The molecule has 3 N–H and O–H groups in total. The molecular formula is C8H10BrNO2S. The van der Waals surface area contributed by atoms with E-state index in [2.05, 4.69) is 15.9 Å². The molecule has 3 nitrogen and oxygen atoms in total. The molecule has 0 saturated heterocycles. The maximum atomic E-state index is 10.4. The van der Waals surface area contributed by atoms with Gasteiger partial charge in [-0.25, -0.2) is 0 Å². The van der Waals surface area contributed by atoms with Crippen molar-refractivity contribution < 1.29 is 9.90 Å². The van der Waals surface area contributed by atoms with Crippen molar-refractivity contribution in [2.24, 2.45) is 5.73 Å². The SMILES string of the molecule is Cc1cc(Br)c(C(N)CC(=O)O)s1. The predicted molar refractivity (Wildman–Crippen MR) is 55.9 cm³/mol. The molecule has 72 valence electrons. The van der Waals surface area contributed by atoms with Crippen molar-refractivity contribution in [1.29, 1.82) is 0 Å². The van der Waals surface area contributed by atoms with Gasteiger partial charge in [-0.3, -0.25) is 4.79 Å². The van der Waals surface area contributed by atoms with E-state index in [1.54, 1.807) is 0 Å². The Hall–Kier alpha value is -0.390. The molecule has 0 aliphatic carbocycles. The van der Waals surface area contributed by atoms with Crippen LogP contribution in [0.5, 0.6) is 0 Å². The van der Waals surface area contributed by atoms with Crippen LogP contribution in [0.3, 0.4) is 0 Å². The van der Waals surface area contributed by atoms with Crippen LogP contribution in [0.4, 0.5) is 0 Å². The fraction of sp³-hybridized carbons (Fsp3) is 0.375. The number of halogens is 1. The number of thiophene rings is 1. The van der Waals surface area contributed by atoms with Crippen LogP contribution in [-0.4, -0.2) is 11.1 Å².